The van der Waals surface area contributed by atoms with Crippen molar-refractivity contribution in [2.24, 2.45) is 0 Å². The predicted molar refractivity (Wildman–Crippen MR) is 124 cm³/mol. The minimum atomic E-state index is -0.463. The van der Waals surface area contributed by atoms with E-state index in [4.69, 9.17) is 16.3 Å². The van der Waals surface area contributed by atoms with Crippen molar-refractivity contribution in [2.45, 2.75) is 13.0 Å². The lowest BCUT2D eigenvalue weighted by Crippen LogP contribution is -2.26. The minimum absolute atomic E-state index is 0.258. The monoisotopic (exact) mass is 467 g/mol. The number of carbonyl (C=O) groups is 1. The maximum absolute atomic E-state index is 14.7. The quantitative estimate of drug-likeness (QED) is 0.369. The first-order chi connectivity index (χ1) is 15.6. The molecule has 8 heteroatoms. The summed E-state index contributed by atoms with van der Waals surface area (Å²) in [5.41, 5.74) is 2.40. The molecule has 0 atom stereocenters. The Morgan fingerprint density at radius 1 is 1.12 bits per heavy atom. The zero-order valence-corrected chi connectivity index (χ0v) is 18.5. The lowest BCUT2D eigenvalue weighted by molar-refractivity contribution is 0.0950. The number of amides is 1. The average Bonchev–Trinajstić information content (AvgIpc) is 3.29. The molecule has 0 fully saturated rings. The Bertz CT molecular complexity index is 1200. The summed E-state index contributed by atoms with van der Waals surface area (Å²) in [7, 11) is 0. The highest BCUT2D eigenvalue weighted by Crippen LogP contribution is 2.29. The zero-order chi connectivity index (χ0) is 22.3. The highest BCUT2D eigenvalue weighted by Gasteiger charge is 2.15. The Morgan fingerprint density at radius 3 is 2.72 bits per heavy atom. The second-order valence-electron chi connectivity index (χ2n) is 6.92. The lowest BCUT2D eigenvalue weighted by atomic mass is 10.2. The summed E-state index contributed by atoms with van der Waals surface area (Å²) in [5, 5.41) is 5.51. The van der Waals surface area contributed by atoms with Crippen molar-refractivity contribution >= 4 is 28.8 Å². The van der Waals surface area contributed by atoms with Gasteiger partial charge in [-0.3, -0.25) is 9.78 Å². The molecule has 32 heavy (non-hydrogen) atoms. The standard InChI is InChI=1S/C24H19ClFN3O2S/c25-17-6-4-16(5-7-17)14-31-19-8-9-20(21(26)13-19)24-29-22(15-32-24)23(30)28-12-10-18-3-1-2-11-27-18/h1-9,11,13,15H,10,12,14H2,(H,28,30). The van der Waals surface area contributed by atoms with Gasteiger partial charge in [-0.1, -0.05) is 29.8 Å². The summed E-state index contributed by atoms with van der Waals surface area (Å²) in [5.74, 6) is -0.355. The molecule has 0 bridgehead atoms. The first-order valence-corrected chi connectivity index (χ1v) is 11.1. The normalized spacial score (nSPS) is 10.7. The number of benzene rings is 2. The molecule has 1 amide bonds. The van der Waals surface area contributed by atoms with E-state index < -0.39 is 5.82 Å². The molecule has 0 unspecified atom stereocenters. The van der Waals surface area contributed by atoms with Crippen molar-refractivity contribution in [3.8, 4) is 16.3 Å². The van der Waals surface area contributed by atoms with Gasteiger partial charge in [-0.25, -0.2) is 9.37 Å². The van der Waals surface area contributed by atoms with E-state index in [1.54, 1.807) is 35.8 Å². The lowest BCUT2D eigenvalue weighted by Gasteiger charge is -2.08. The molecule has 2 heterocycles. The fourth-order valence-corrected chi connectivity index (χ4v) is 3.90. The SMILES string of the molecule is O=C(NCCc1ccccn1)c1csc(-c2ccc(OCc3ccc(Cl)cc3)cc2F)n1. The Kier molecular flexibility index (Phi) is 7.09. The second kappa shape index (κ2) is 10.3. The van der Waals surface area contributed by atoms with E-state index in [1.807, 2.05) is 30.3 Å². The number of carbonyl (C=O) groups excluding carboxylic acids is 1. The third-order valence-electron chi connectivity index (χ3n) is 4.62. The van der Waals surface area contributed by atoms with Crippen LogP contribution in [-0.2, 0) is 13.0 Å². The van der Waals surface area contributed by atoms with Crippen LogP contribution in [0, 0.1) is 5.82 Å². The molecule has 1 N–H and O–H groups in total. The molecule has 162 valence electrons. The van der Waals surface area contributed by atoms with E-state index in [2.05, 4.69) is 15.3 Å². The van der Waals surface area contributed by atoms with Gasteiger partial charge in [0.2, 0.25) is 0 Å². The van der Waals surface area contributed by atoms with Crippen molar-refractivity contribution in [3.05, 3.63) is 100 Å². The van der Waals surface area contributed by atoms with Crippen molar-refractivity contribution in [2.75, 3.05) is 6.54 Å². The van der Waals surface area contributed by atoms with E-state index in [0.717, 1.165) is 11.3 Å². The third-order valence-corrected chi connectivity index (χ3v) is 5.75. The number of nitrogens with zero attached hydrogens (tertiary/aromatic N) is 2. The topological polar surface area (TPSA) is 64.1 Å². The minimum Gasteiger partial charge on any atom is -0.489 e. The summed E-state index contributed by atoms with van der Waals surface area (Å²) in [6.45, 7) is 0.743. The summed E-state index contributed by atoms with van der Waals surface area (Å²) >= 11 is 7.09. The van der Waals surface area contributed by atoms with Gasteiger partial charge in [-0.2, -0.15) is 0 Å². The van der Waals surface area contributed by atoms with E-state index >= 15 is 0 Å². The molecule has 2 aromatic carbocycles. The molecule has 0 aliphatic carbocycles. The van der Waals surface area contributed by atoms with E-state index in [-0.39, 0.29) is 11.6 Å². The Hall–Kier alpha value is -3.29. The van der Waals surface area contributed by atoms with Gasteiger partial charge in [-0.05, 0) is 42.0 Å². The second-order valence-corrected chi connectivity index (χ2v) is 8.22. The molecule has 0 saturated carbocycles. The highest BCUT2D eigenvalue weighted by atomic mass is 35.5. The first-order valence-electron chi connectivity index (χ1n) is 9.89. The summed E-state index contributed by atoms with van der Waals surface area (Å²) in [4.78, 5) is 20.9. The van der Waals surface area contributed by atoms with Gasteiger partial charge in [0.25, 0.3) is 5.91 Å². The third kappa shape index (κ3) is 5.69. The smallest absolute Gasteiger partial charge is 0.270 e. The van der Waals surface area contributed by atoms with Crippen LogP contribution in [0.2, 0.25) is 5.02 Å². The van der Waals surface area contributed by atoms with Gasteiger partial charge in [0.1, 0.15) is 28.9 Å². The molecule has 2 aromatic heterocycles. The first kappa shape index (κ1) is 21.9. The molecule has 0 saturated heterocycles. The number of halogens is 2. The maximum Gasteiger partial charge on any atom is 0.270 e. The molecule has 0 spiro atoms. The van der Waals surface area contributed by atoms with Crippen LogP contribution in [0.4, 0.5) is 4.39 Å². The summed E-state index contributed by atoms with van der Waals surface area (Å²) in [6.07, 6.45) is 2.34. The number of ether oxygens (including phenoxy) is 1. The van der Waals surface area contributed by atoms with Gasteiger partial charge in [0.15, 0.2) is 0 Å². The van der Waals surface area contributed by atoms with Crippen LogP contribution in [0.3, 0.4) is 0 Å². The van der Waals surface area contributed by atoms with Crippen LogP contribution in [0.15, 0.2) is 72.2 Å². The molecular formula is C24H19ClFN3O2S. The summed E-state index contributed by atoms with van der Waals surface area (Å²) < 4.78 is 20.3. The van der Waals surface area contributed by atoms with Crippen molar-refractivity contribution < 1.29 is 13.9 Å². The average molecular weight is 468 g/mol. The molecule has 0 radical (unpaired) electrons. The number of rotatable bonds is 8. The van der Waals surface area contributed by atoms with Crippen molar-refractivity contribution in [1.82, 2.24) is 15.3 Å². The number of nitrogens with one attached hydrogen (secondary N) is 1. The van der Waals surface area contributed by atoms with Gasteiger partial charge in [-0.15, -0.1) is 11.3 Å². The fourth-order valence-electron chi connectivity index (χ4n) is 2.95. The van der Waals surface area contributed by atoms with E-state index in [1.165, 1.54) is 17.4 Å². The van der Waals surface area contributed by atoms with E-state index in [9.17, 15) is 9.18 Å². The number of thiazole rings is 1. The number of aromatic nitrogens is 2. The molecular weight excluding hydrogens is 449 g/mol. The van der Waals surface area contributed by atoms with Crippen LogP contribution in [-0.4, -0.2) is 22.4 Å². The van der Waals surface area contributed by atoms with Gasteiger partial charge >= 0.3 is 0 Å². The molecule has 5 nitrogen and oxygen atoms in total. The predicted octanol–water partition coefficient (Wildman–Crippen LogP) is 5.55. The Balaban J connectivity index is 1.35. The number of pyridine rings is 1. The van der Waals surface area contributed by atoms with E-state index in [0.29, 0.717) is 40.9 Å². The molecule has 0 aliphatic heterocycles. The number of hydrogen-bond donors (Lipinski definition) is 1. The molecule has 4 aromatic rings. The van der Waals surface area contributed by atoms with Gasteiger partial charge in [0.05, 0.1) is 0 Å². The number of hydrogen-bond acceptors (Lipinski definition) is 5. The van der Waals surface area contributed by atoms with Crippen LogP contribution in [0.1, 0.15) is 21.7 Å². The molecule has 0 aliphatic rings. The van der Waals surface area contributed by atoms with Gasteiger partial charge < -0.3 is 10.1 Å². The Morgan fingerprint density at radius 2 is 1.97 bits per heavy atom. The van der Waals surface area contributed by atoms with Gasteiger partial charge in [0, 0.05) is 46.9 Å². The Labute approximate surface area is 193 Å². The van der Waals surface area contributed by atoms with Crippen molar-refractivity contribution in [1.29, 1.82) is 0 Å². The van der Waals surface area contributed by atoms with Crippen molar-refractivity contribution in [3.63, 3.8) is 0 Å². The fraction of sp³-hybridized carbons (Fsp3) is 0.125. The highest BCUT2D eigenvalue weighted by molar-refractivity contribution is 7.13. The van der Waals surface area contributed by atoms with Crippen LogP contribution < -0.4 is 10.1 Å². The van der Waals surface area contributed by atoms with Crippen LogP contribution in [0.25, 0.3) is 10.6 Å². The molecule has 4 rings (SSSR count). The summed E-state index contributed by atoms with van der Waals surface area (Å²) in [6, 6.07) is 17.5. The van der Waals surface area contributed by atoms with Crippen LogP contribution >= 0.6 is 22.9 Å². The van der Waals surface area contributed by atoms with Crippen LogP contribution in [0.5, 0.6) is 5.75 Å². The largest absolute Gasteiger partial charge is 0.489 e. The zero-order valence-electron chi connectivity index (χ0n) is 16.9. The maximum atomic E-state index is 14.7.